The SMILES string of the molecule is CS(=O)(=O)OCCC[C@@H]1CSC(c2cc3cc(Cl)cc(NC4CCCC4)c3[nH]2)=N1. The van der Waals surface area contributed by atoms with Crippen LogP contribution in [0.5, 0.6) is 0 Å². The summed E-state index contributed by atoms with van der Waals surface area (Å²) in [5.74, 6) is 0.900. The number of aliphatic imine (C=N–C) groups is 1. The largest absolute Gasteiger partial charge is 0.381 e. The molecule has 6 nitrogen and oxygen atoms in total. The number of halogens is 1. The lowest BCUT2D eigenvalue weighted by Crippen LogP contribution is -2.14. The van der Waals surface area contributed by atoms with E-state index in [0.717, 1.165) is 50.8 Å². The van der Waals surface area contributed by atoms with Crippen LogP contribution < -0.4 is 5.32 Å². The fraction of sp³-hybridized carbons (Fsp3) is 0.550. The van der Waals surface area contributed by atoms with Crippen molar-refractivity contribution in [3.05, 3.63) is 28.9 Å². The molecule has 4 rings (SSSR count). The summed E-state index contributed by atoms with van der Waals surface area (Å²) in [6.07, 6.45) is 7.53. The molecular formula is C20H26ClN3O3S2. The maximum atomic E-state index is 11.0. The molecule has 2 aromatic rings. The lowest BCUT2D eigenvalue weighted by atomic mass is 10.2. The third kappa shape index (κ3) is 5.48. The first-order valence-corrected chi connectivity index (χ1v) is 13.2. The molecule has 2 aliphatic rings. The topological polar surface area (TPSA) is 83.5 Å². The quantitative estimate of drug-likeness (QED) is 0.441. The van der Waals surface area contributed by atoms with Crippen LogP contribution in [0.2, 0.25) is 5.02 Å². The van der Waals surface area contributed by atoms with Gasteiger partial charge in [0, 0.05) is 22.2 Å². The van der Waals surface area contributed by atoms with Crippen LogP contribution in [0.3, 0.4) is 0 Å². The summed E-state index contributed by atoms with van der Waals surface area (Å²) in [5.41, 5.74) is 3.14. The minimum absolute atomic E-state index is 0.184. The number of aromatic nitrogens is 1. The Hall–Kier alpha value is -1.22. The van der Waals surface area contributed by atoms with Crippen molar-refractivity contribution in [3.8, 4) is 0 Å². The van der Waals surface area contributed by atoms with Gasteiger partial charge in [0.05, 0.1) is 35.8 Å². The number of hydrogen-bond acceptors (Lipinski definition) is 6. The summed E-state index contributed by atoms with van der Waals surface area (Å²) in [5, 5.41) is 6.47. The zero-order valence-electron chi connectivity index (χ0n) is 16.4. The second kappa shape index (κ2) is 8.88. The van der Waals surface area contributed by atoms with Gasteiger partial charge in [-0.25, -0.2) is 0 Å². The normalized spacial score (nSPS) is 20.5. The lowest BCUT2D eigenvalue weighted by molar-refractivity contribution is 0.308. The Morgan fingerprint density at radius 3 is 2.86 bits per heavy atom. The number of hydrogen-bond donors (Lipinski definition) is 2. The molecule has 2 N–H and O–H groups in total. The van der Waals surface area contributed by atoms with Gasteiger partial charge in [0.15, 0.2) is 0 Å². The molecule has 1 aliphatic heterocycles. The van der Waals surface area contributed by atoms with Gasteiger partial charge >= 0.3 is 0 Å². The summed E-state index contributed by atoms with van der Waals surface area (Å²) in [4.78, 5) is 8.37. The van der Waals surface area contributed by atoms with Gasteiger partial charge in [0.25, 0.3) is 10.1 Å². The van der Waals surface area contributed by atoms with Gasteiger partial charge in [-0.05, 0) is 43.9 Å². The van der Waals surface area contributed by atoms with E-state index in [1.807, 2.05) is 12.1 Å². The van der Waals surface area contributed by atoms with Crippen molar-refractivity contribution in [2.45, 2.75) is 50.6 Å². The fourth-order valence-electron chi connectivity index (χ4n) is 3.97. The second-order valence-corrected chi connectivity index (χ2v) is 10.9. The van der Waals surface area contributed by atoms with Crippen LogP contribution in [0, 0.1) is 0 Å². The highest BCUT2D eigenvalue weighted by Gasteiger charge is 2.22. The van der Waals surface area contributed by atoms with Crippen molar-refractivity contribution >= 4 is 55.1 Å². The molecule has 158 valence electrons. The van der Waals surface area contributed by atoms with Crippen LogP contribution >= 0.6 is 23.4 Å². The Kier molecular flexibility index (Phi) is 6.44. The van der Waals surface area contributed by atoms with Crippen LogP contribution in [0.15, 0.2) is 23.2 Å². The maximum Gasteiger partial charge on any atom is 0.264 e. The van der Waals surface area contributed by atoms with E-state index in [4.69, 9.17) is 20.8 Å². The summed E-state index contributed by atoms with van der Waals surface area (Å²) in [7, 11) is -3.37. The third-order valence-corrected chi connectivity index (χ3v) is 7.29. The number of thioether (sulfide) groups is 1. The predicted molar refractivity (Wildman–Crippen MR) is 122 cm³/mol. The third-order valence-electron chi connectivity index (χ3n) is 5.33. The molecule has 0 bridgehead atoms. The molecule has 1 atom stereocenters. The molecule has 2 heterocycles. The number of benzene rings is 1. The van der Waals surface area contributed by atoms with Crippen molar-refractivity contribution < 1.29 is 12.6 Å². The van der Waals surface area contributed by atoms with E-state index >= 15 is 0 Å². The van der Waals surface area contributed by atoms with E-state index in [9.17, 15) is 8.42 Å². The molecule has 9 heteroatoms. The number of nitrogens with zero attached hydrogens (tertiary/aromatic N) is 1. The van der Waals surface area contributed by atoms with Crippen LogP contribution in [0.25, 0.3) is 10.9 Å². The molecule has 1 aliphatic carbocycles. The van der Waals surface area contributed by atoms with Crippen molar-refractivity contribution in [2.75, 3.05) is 23.9 Å². The number of anilines is 1. The van der Waals surface area contributed by atoms with Crippen molar-refractivity contribution in [1.82, 2.24) is 4.98 Å². The number of aromatic amines is 1. The Bertz CT molecular complexity index is 1010. The van der Waals surface area contributed by atoms with E-state index in [2.05, 4.69) is 16.4 Å². The van der Waals surface area contributed by atoms with E-state index in [-0.39, 0.29) is 12.6 Å². The summed E-state index contributed by atoms with van der Waals surface area (Å²) >= 11 is 8.09. The monoisotopic (exact) mass is 455 g/mol. The van der Waals surface area contributed by atoms with Gasteiger partial charge < -0.3 is 10.3 Å². The minimum atomic E-state index is -3.37. The van der Waals surface area contributed by atoms with Gasteiger partial charge in [-0.15, -0.1) is 11.8 Å². The highest BCUT2D eigenvalue weighted by molar-refractivity contribution is 8.14. The molecule has 1 aromatic heterocycles. The van der Waals surface area contributed by atoms with Gasteiger partial charge in [-0.1, -0.05) is 24.4 Å². The molecule has 0 radical (unpaired) electrons. The fourth-order valence-corrected chi connectivity index (χ4v) is 5.69. The Labute approximate surface area is 181 Å². The Morgan fingerprint density at radius 1 is 1.31 bits per heavy atom. The smallest absolute Gasteiger partial charge is 0.264 e. The van der Waals surface area contributed by atoms with Gasteiger partial charge in [-0.3, -0.25) is 9.18 Å². The van der Waals surface area contributed by atoms with Crippen molar-refractivity contribution in [1.29, 1.82) is 0 Å². The zero-order chi connectivity index (χ0) is 20.4. The predicted octanol–water partition coefficient (Wildman–Crippen LogP) is 4.79. The van der Waals surface area contributed by atoms with E-state index < -0.39 is 10.1 Å². The minimum Gasteiger partial charge on any atom is -0.381 e. The summed E-state index contributed by atoms with van der Waals surface area (Å²) in [6.45, 7) is 0.214. The standard InChI is InChI=1S/C20H26ClN3O3S2/c1-29(25,26)27-8-4-7-16-12-28-20(23-16)18-10-13-9-14(21)11-17(19(13)24-18)22-15-5-2-3-6-15/h9-11,15-16,22,24H,2-8,12H2,1H3/t16-/m1/s1. The van der Waals surface area contributed by atoms with E-state index in [1.165, 1.54) is 25.7 Å². The van der Waals surface area contributed by atoms with Gasteiger partial charge in [0.1, 0.15) is 5.04 Å². The van der Waals surface area contributed by atoms with Crippen molar-refractivity contribution in [2.24, 2.45) is 4.99 Å². The van der Waals surface area contributed by atoms with Crippen LogP contribution in [0.1, 0.15) is 44.2 Å². The molecular weight excluding hydrogens is 430 g/mol. The molecule has 29 heavy (non-hydrogen) atoms. The number of nitrogens with one attached hydrogen (secondary N) is 2. The highest BCUT2D eigenvalue weighted by atomic mass is 35.5. The Morgan fingerprint density at radius 2 is 2.10 bits per heavy atom. The van der Waals surface area contributed by atoms with E-state index in [0.29, 0.717) is 12.5 Å². The number of fused-ring (bicyclic) bond motifs is 1. The van der Waals surface area contributed by atoms with Gasteiger partial charge in [0.2, 0.25) is 0 Å². The zero-order valence-corrected chi connectivity index (χ0v) is 18.8. The molecule has 0 spiro atoms. The average molecular weight is 456 g/mol. The average Bonchev–Trinajstić information content (AvgIpc) is 3.38. The molecule has 0 amide bonds. The first-order valence-electron chi connectivity index (χ1n) is 10.0. The molecule has 1 fully saturated rings. The summed E-state index contributed by atoms with van der Waals surface area (Å²) < 4.78 is 26.9. The van der Waals surface area contributed by atoms with Crippen LogP contribution in [0.4, 0.5) is 5.69 Å². The van der Waals surface area contributed by atoms with Gasteiger partial charge in [-0.2, -0.15) is 8.42 Å². The first-order chi connectivity index (χ1) is 13.9. The maximum absolute atomic E-state index is 11.0. The highest BCUT2D eigenvalue weighted by Crippen LogP contribution is 2.33. The van der Waals surface area contributed by atoms with Crippen LogP contribution in [-0.2, 0) is 14.3 Å². The number of H-pyrrole nitrogens is 1. The van der Waals surface area contributed by atoms with E-state index in [1.54, 1.807) is 11.8 Å². The molecule has 1 aromatic carbocycles. The lowest BCUT2D eigenvalue weighted by Gasteiger charge is -2.14. The molecule has 0 saturated heterocycles. The van der Waals surface area contributed by atoms with Crippen LogP contribution in [-0.4, -0.2) is 49.1 Å². The Balaban J connectivity index is 1.46. The first kappa shape index (κ1) is 21.0. The summed E-state index contributed by atoms with van der Waals surface area (Å²) in [6, 6.07) is 6.79. The molecule has 1 saturated carbocycles. The molecule has 0 unspecified atom stereocenters. The second-order valence-electron chi connectivity index (χ2n) is 7.79. The van der Waals surface area contributed by atoms with Crippen molar-refractivity contribution in [3.63, 3.8) is 0 Å². The number of rotatable bonds is 8.